The van der Waals surface area contributed by atoms with Gasteiger partial charge < -0.3 is 15.5 Å². The van der Waals surface area contributed by atoms with E-state index in [0.717, 1.165) is 16.0 Å². The lowest BCUT2D eigenvalue weighted by atomic mass is 10.2. The Morgan fingerprint density at radius 1 is 1.21 bits per heavy atom. The third-order valence-electron chi connectivity index (χ3n) is 4.91. The van der Waals surface area contributed by atoms with E-state index >= 15 is 0 Å². The lowest BCUT2D eigenvalue weighted by molar-refractivity contribution is -0.895. The van der Waals surface area contributed by atoms with Gasteiger partial charge in [0.2, 0.25) is 15.9 Å². The Morgan fingerprint density at radius 3 is 2.43 bits per heavy atom. The van der Waals surface area contributed by atoms with Crippen molar-refractivity contribution >= 4 is 21.8 Å². The van der Waals surface area contributed by atoms with Gasteiger partial charge in [0.15, 0.2) is 6.54 Å². The van der Waals surface area contributed by atoms with Gasteiger partial charge in [0.05, 0.1) is 31.1 Å². The summed E-state index contributed by atoms with van der Waals surface area (Å²) in [5.41, 5.74) is 1.77. The van der Waals surface area contributed by atoms with Crippen LogP contribution in [-0.2, 0) is 19.6 Å². The number of sulfonamides is 1. The van der Waals surface area contributed by atoms with Crippen LogP contribution >= 0.6 is 0 Å². The second-order valence-electron chi connectivity index (χ2n) is 7.28. The molecule has 0 aromatic heterocycles. The van der Waals surface area contributed by atoms with Crippen LogP contribution in [0.1, 0.15) is 25.0 Å². The van der Waals surface area contributed by atoms with Crippen LogP contribution < -0.4 is 15.5 Å². The minimum atomic E-state index is -3.53. The first kappa shape index (κ1) is 22.3. The van der Waals surface area contributed by atoms with Gasteiger partial charge in [-0.3, -0.25) is 9.59 Å². The zero-order chi connectivity index (χ0) is 20.9. The number of carbonyl (C=O) groups is 2. The third kappa shape index (κ3) is 5.52. The smallest absolute Gasteiger partial charge is 0.275 e. The summed E-state index contributed by atoms with van der Waals surface area (Å²) < 4.78 is 27.3. The molecule has 28 heavy (non-hydrogen) atoms. The Hall–Kier alpha value is -1.97. The standard InChI is InChI=1S/C19H30N4O4S/c1-5-20-19(25)16(4)21-18(24)13-22-8-10-23(11-9-22)28(26,27)17-7-6-14(2)12-15(17)3/h6-7,12,16H,5,8-11,13H2,1-4H3,(H,20,25)(H,21,24)/p+1/t16-/m1/s1. The number of amides is 2. The average molecular weight is 412 g/mol. The van der Waals surface area contributed by atoms with Crippen molar-refractivity contribution in [1.29, 1.82) is 0 Å². The fourth-order valence-corrected chi connectivity index (χ4v) is 5.01. The number of likely N-dealkylation sites (N-methyl/N-ethyl adjacent to an activating group) is 1. The van der Waals surface area contributed by atoms with E-state index < -0.39 is 16.1 Å². The molecule has 0 unspecified atom stereocenters. The van der Waals surface area contributed by atoms with E-state index in [9.17, 15) is 18.0 Å². The third-order valence-corrected chi connectivity index (χ3v) is 6.97. The van der Waals surface area contributed by atoms with E-state index in [0.29, 0.717) is 37.6 Å². The van der Waals surface area contributed by atoms with Gasteiger partial charge >= 0.3 is 0 Å². The first-order valence-corrected chi connectivity index (χ1v) is 11.1. The lowest BCUT2D eigenvalue weighted by Gasteiger charge is -2.31. The highest BCUT2D eigenvalue weighted by molar-refractivity contribution is 7.89. The van der Waals surface area contributed by atoms with Crippen molar-refractivity contribution in [2.45, 2.75) is 38.6 Å². The van der Waals surface area contributed by atoms with E-state index in [-0.39, 0.29) is 18.4 Å². The zero-order valence-corrected chi connectivity index (χ0v) is 17.9. The molecule has 1 saturated heterocycles. The van der Waals surface area contributed by atoms with Crippen LogP contribution in [0.2, 0.25) is 0 Å². The summed E-state index contributed by atoms with van der Waals surface area (Å²) in [6.07, 6.45) is 0. The molecule has 2 rings (SSSR count). The van der Waals surface area contributed by atoms with Gasteiger partial charge in [-0.05, 0) is 39.3 Å². The minimum absolute atomic E-state index is 0.209. The molecule has 1 fully saturated rings. The second-order valence-corrected chi connectivity index (χ2v) is 9.19. The number of rotatable bonds is 7. The first-order valence-electron chi connectivity index (χ1n) is 9.63. The van der Waals surface area contributed by atoms with Crippen molar-refractivity contribution in [3.05, 3.63) is 29.3 Å². The highest BCUT2D eigenvalue weighted by Gasteiger charge is 2.32. The molecular formula is C19H31N4O4S+. The zero-order valence-electron chi connectivity index (χ0n) is 17.0. The predicted molar refractivity (Wildman–Crippen MR) is 107 cm³/mol. The SMILES string of the molecule is CCNC(=O)[C@@H](C)NC(=O)C[NH+]1CCN(S(=O)(=O)c2ccc(C)cc2C)CC1. The average Bonchev–Trinajstić information content (AvgIpc) is 2.61. The molecular weight excluding hydrogens is 380 g/mol. The van der Waals surface area contributed by atoms with E-state index in [1.807, 2.05) is 32.9 Å². The van der Waals surface area contributed by atoms with E-state index in [2.05, 4.69) is 10.6 Å². The van der Waals surface area contributed by atoms with Crippen molar-refractivity contribution in [3.63, 3.8) is 0 Å². The van der Waals surface area contributed by atoms with Gasteiger partial charge in [-0.15, -0.1) is 0 Å². The highest BCUT2D eigenvalue weighted by atomic mass is 32.2. The molecule has 1 atom stereocenters. The number of quaternary nitrogens is 1. The Morgan fingerprint density at radius 2 is 1.86 bits per heavy atom. The number of hydrogen-bond donors (Lipinski definition) is 3. The fourth-order valence-electron chi connectivity index (χ4n) is 3.36. The molecule has 156 valence electrons. The Bertz CT molecular complexity index is 817. The molecule has 9 heteroatoms. The molecule has 3 N–H and O–H groups in total. The Kier molecular flexibility index (Phi) is 7.56. The van der Waals surface area contributed by atoms with Crippen LogP contribution in [-0.4, -0.2) is 69.8 Å². The lowest BCUT2D eigenvalue weighted by Crippen LogP contribution is -3.15. The molecule has 0 aliphatic carbocycles. The Labute approximate surface area is 167 Å². The van der Waals surface area contributed by atoms with Crippen molar-refractivity contribution in [2.75, 3.05) is 39.3 Å². The van der Waals surface area contributed by atoms with Gasteiger partial charge in [-0.1, -0.05) is 17.7 Å². The van der Waals surface area contributed by atoms with Gasteiger partial charge in [-0.25, -0.2) is 8.42 Å². The van der Waals surface area contributed by atoms with E-state index in [1.54, 1.807) is 13.0 Å². The van der Waals surface area contributed by atoms with Crippen LogP contribution in [0.25, 0.3) is 0 Å². The maximum atomic E-state index is 12.9. The number of piperazine rings is 1. The maximum absolute atomic E-state index is 12.9. The largest absolute Gasteiger partial charge is 0.355 e. The fraction of sp³-hybridized carbons (Fsp3) is 0.579. The monoisotopic (exact) mass is 411 g/mol. The first-order chi connectivity index (χ1) is 13.1. The Balaban J connectivity index is 1.90. The molecule has 2 amide bonds. The van der Waals surface area contributed by atoms with Crippen molar-refractivity contribution in [3.8, 4) is 0 Å². The number of carbonyl (C=O) groups excluding carboxylic acids is 2. The summed E-state index contributed by atoms with van der Waals surface area (Å²) in [6, 6.07) is 4.75. The second kappa shape index (κ2) is 9.49. The molecule has 1 aliphatic rings. The van der Waals surface area contributed by atoms with Gasteiger partial charge in [0.25, 0.3) is 5.91 Å². The molecule has 0 radical (unpaired) electrons. The predicted octanol–water partition coefficient (Wildman–Crippen LogP) is -1.17. The van der Waals surface area contributed by atoms with E-state index in [1.165, 1.54) is 4.31 Å². The van der Waals surface area contributed by atoms with Crippen LogP contribution in [0.5, 0.6) is 0 Å². The molecule has 0 saturated carbocycles. The summed E-state index contributed by atoms with van der Waals surface area (Å²) in [5.74, 6) is -0.422. The number of nitrogens with zero attached hydrogens (tertiary/aromatic N) is 1. The summed E-state index contributed by atoms with van der Waals surface area (Å²) in [6.45, 7) is 9.77. The molecule has 1 heterocycles. The number of nitrogens with one attached hydrogen (secondary N) is 3. The number of benzene rings is 1. The van der Waals surface area contributed by atoms with Crippen molar-refractivity contribution in [1.82, 2.24) is 14.9 Å². The van der Waals surface area contributed by atoms with E-state index in [4.69, 9.17) is 0 Å². The van der Waals surface area contributed by atoms with Crippen LogP contribution in [0.3, 0.4) is 0 Å². The highest BCUT2D eigenvalue weighted by Crippen LogP contribution is 2.20. The summed E-state index contributed by atoms with van der Waals surface area (Å²) in [7, 11) is -3.53. The van der Waals surface area contributed by atoms with Crippen molar-refractivity contribution < 1.29 is 22.9 Å². The van der Waals surface area contributed by atoms with Crippen LogP contribution in [0.15, 0.2) is 23.1 Å². The minimum Gasteiger partial charge on any atom is -0.355 e. The molecule has 1 aromatic rings. The summed E-state index contributed by atoms with van der Waals surface area (Å²) in [5, 5.41) is 5.35. The maximum Gasteiger partial charge on any atom is 0.275 e. The van der Waals surface area contributed by atoms with Crippen molar-refractivity contribution in [2.24, 2.45) is 0 Å². The number of hydrogen-bond acceptors (Lipinski definition) is 4. The summed E-state index contributed by atoms with van der Waals surface area (Å²) >= 11 is 0. The van der Waals surface area contributed by atoms with Gasteiger partial charge in [0.1, 0.15) is 6.04 Å². The normalized spacial score (nSPS) is 17.1. The molecule has 1 aromatic carbocycles. The molecule has 0 spiro atoms. The van der Waals surface area contributed by atoms with Crippen LogP contribution in [0, 0.1) is 13.8 Å². The topological polar surface area (TPSA) is 100 Å². The molecule has 1 aliphatic heterocycles. The number of aryl methyl sites for hydroxylation is 2. The quantitative estimate of drug-likeness (QED) is 0.527. The van der Waals surface area contributed by atoms with Gasteiger partial charge in [-0.2, -0.15) is 4.31 Å². The van der Waals surface area contributed by atoms with Crippen LogP contribution in [0.4, 0.5) is 0 Å². The molecule has 8 nitrogen and oxygen atoms in total. The molecule has 0 bridgehead atoms. The van der Waals surface area contributed by atoms with Gasteiger partial charge in [0, 0.05) is 6.54 Å². The summed E-state index contributed by atoms with van der Waals surface area (Å²) in [4.78, 5) is 25.2.